The van der Waals surface area contributed by atoms with Gasteiger partial charge in [-0.2, -0.15) is 0 Å². The lowest BCUT2D eigenvalue weighted by molar-refractivity contribution is -0.153. The number of hydrogen-bond acceptors (Lipinski definition) is 8. The summed E-state index contributed by atoms with van der Waals surface area (Å²) in [5.74, 6) is -0.248. The molecule has 0 unspecified atom stereocenters. The van der Waals surface area contributed by atoms with Crippen LogP contribution in [0.4, 0.5) is 5.82 Å². The van der Waals surface area contributed by atoms with Crippen molar-refractivity contribution in [1.29, 1.82) is 0 Å². The normalized spacial score (nSPS) is 28.1. The SMILES string of the molecule is CC(=O)O[C@H]1[C@@H](O)[C@@H](n2ccc3c(N)ncnc32)O[C@@H]1CO. The number of rotatable bonds is 3. The van der Waals surface area contributed by atoms with Gasteiger partial charge in [-0.15, -0.1) is 0 Å². The van der Waals surface area contributed by atoms with Crippen LogP contribution in [0.25, 0.3) is 11.0 Å². The van der Waals surface area contributed by atoms with Crippen molar-refractivity contribution in [3.8, 4) is 0 Å². The van der Waals surface area contributed by atoms with E-state index in [1.165, 1.54) is 13.3 Å². The van der Waals surface area contributed by atoms with Crippen molar-refractivity contribution in [2.24, 2.45) is 0 Å². The van der Waals surface area contributed by atoms with Crippen molar-refractivity contribution < 1.29 is 24.5 Å². The molecule has 0 spiro atoms. The molecule has 0 bridgehead atoms. The van der Waals surface area contributed by atoms with E-state index in [-0.39, 0.29) is 6.61 Å². The first-order chi connectivity index (χ1) is 10.5. The van der Waals surface area contributed by atoms with Gasteiger partial charge in [0.05, 0.1) is 12.0 Å². The second-order valence-electron chi connectivity index (χ2n) is 5.03. The summed E-state index contributed by atoms with van der Waals surface area (Å²) >= 11 is 0. The van der Waals surface area contributed by atoms with Gasteiger partial charge in [-0.3, -0.25) is 4.79 Å². The van der Waals surface area contributed by atoms with E-state index in [0.717, 1.165) is 0 Å². The zero-order chi connectivity index (χ0) is 15.9. The Bertz CT molecular complexity index is 703. The van der Waals surface area contributed by atoms with E-state index in [0.29, 0.717) is 16.9 Å². The van der Waals surface area contributed by atoms with Gasteiger partial charge in [0.2, 0.25) is 0 Å². The average Bonchev–Trinajstić information content (AvgIpc) is 3.02. The standard InChI is InChI=1S/C13H16N4O5/c1-6(19)21-10-8(4-18)22-13(9(10)20)17-3-2-7-11(14)15-5-16-12(7)17/h2-3,5,8-10,13,18,20H,4H2,1H3,(H2,14,15,16)/t8-,9-,10-,13+/m1/s1. The van der Waals surface area contributed by atoms with Crippen LogP contribution in [0.3, 0.4) is 0 Å². The zero-order valence-electron chi connectivity index (χ0n) is 11.8. The topological polar surface area (TPSA) is 133 Å². The van der Waals surface area contributed by atoms with Crippen molar-refractivity contribution in [3.63, 3.8) is 0 Å². The monoisotopic (exact) mass is 308 g/mol. The lowest BCUT2D eigenvalue weighted by Gasteiger charge is -2.19. The van der Waals surface area contributed by atoms with Crippen LogP contribution >= 0.6 is 0 Å². The fourth-order valence-electron chi connectivity index (χ4n) is 2.63. The fraction of sp³-hybridized carbons (Fsp3) is 0.462. The van der Waals surface area contributed by atoms with Gasteiger partial charge in [-0.1, -0.05) is 0 Å². The lowest BCUT2D eigenvalue weighted by atomic mass is 10.1. The summed E-state index contributed by atoms with van der Waals surface area (Å²) < 4.78 is 12.2. The second kappa shape index (κ2) is 5.52. The summed E-state index contributed by atoms with van der Waals surface area (Å²) in [6.45, 7) is 0.843. The first-order valence-electron chi connectivity index (χ1n) is 6.71. The molecule has 22 heavy (non-hydrogen) atoms. The Hall–Kier alpha value is -2.23. The van der Waals surface area contributed by atoms with E-state index in [4.69, 9.17) is 15.2 Å². The molecule has 0 saturated carbocycles. The molecule has 0 aromatic carbocycles. The highest BCUT2D eigenvalue weighted by atomic mass is 16.6. The van der Waals surface area contributed by atoms with Crippen LogP contribution in [0.5, 0.6) is 0 Å². The number of anilines is 1. The Balaban J connectivity index is 1.97. The molecule has 0 aliphatic carbocycles. The average molecular weight is 308 g/mol. The zero-order valence-corrected chi connectivity index (χ0v) is 11.8. The molecule has 9 heteroatoms. The fourth-order valence-corrected chi connectivity index (χ4v) is 2.63. The number of nitrogens with zero attached hydrogens (tertiary/aromatic N) is 3. The number of ether oxygens (including phenoxy) is 2. The highest BCUT2D eigenvalue weighted by Crippen LogP contribution is 2.34. The van der Waals surface area contributed by atoms with Crippen molar-refractivity contribution >= 4 is 22.8 Å². The van der Waals surface area contributed by atoms with Gasteiger partial charge in [0, 0.05) is 13.1 Å². The highest BCUT2D eigenvalue weighted by Gasteiger charge is 2.46. The third-order valence-corrected chi connectivity index (χ3v) is 3.61. The van der Waals surface area contributed by atoms with Crippen LogP contribution in [0.15, 0.2) is 18.6 Å². The van der Waals surface area contributed by atoms with Gasteiger partial charge in [-0.25, -0.2) is 9.97 Å². The summed E-state index contributed by atoms with van der Waals surface area (Å²) in [6, 6.07) is 1.70. The number of fused-ring (bicyclic) bond motifs is 1. The second-order valence-corrected chi connectivity index (χ2v) is 5.03. The lowest BCUT2D eigenvalue weighted by Crippen LogP contribution is -2.37. The number of esters is 1. The summed E-state index contributed by atoms with van der Waals surface area (Å²) in [5, 5.41) is 20.4. The molecule has 0 amide bonds. The van der Waals surface area contributed by atoms with Crippen LogP contribution in [-0.4, -0.2) is 55.6 Å². The molecule has 1 aliphatic rings. The van der Waals surface area contributed by atoms with Crippen molar-refractivity contribution in [2.45, 2.75) is 31.5 Å². The number of carbonyl (C=O) groups excluding carboxylic acids is 1. The molecular formula is C13H16N4O5. The maximum Gasteiger partial charge on any atom is 0.303 e. The number of hydrogen-bond donors (Lipinski definition) is 3. The van der Waals surface area contributed by atoms with Crippen molar-refractivity contribution in [2.75, 3.05) is 12.3 Å². The first-order valence-corrected chi connectivity index (χ1v) is 6.71. The molecule has 1 saturated heterocycles. The smallest absolute Gasteiger partial charge is 0.303 e. The Kier molecular flexibility index (Phi) is 3.69. The quantitative estimate of drug-likeness (QED) is 0.627. The minimum absolute atomic E-state index is 0.312. The Labute approximate surface area is 125 Å². The van der Waals surface area contributed by atoms with Gasteiger partial charge < -0.3 is 30.0 Å². The van der Waals surface area contributed by atoms with E-state index in [1.807, 2.05) is 0 Å². The van der Waals surface area contributed by atoms with Gasteiger partial charge in [0.25, 0.3) is 0 Å². The van der Waals surface area contributed by atoms with Crippen molar-refractivity contribution in [3.05, 3.63) is 18.6 Å². The molecule has 1 fully saturated rings. The molecule has 3 heterocycles. The molecular weight excluding hydrogens is 292 g/mol. The number of aliphatic hydroxyl groups excluding tert-OH is 2. The van der Waals surface area contributed by atoms with Crippen LogP contribution in [0.1, 0.15) is 13.2 Å². The minimum Gasteiger partial charge on any atom is -0.457 e. The number of nitrogen functional groups attached to an aromatic ring is 1. The van der Waals surface area contributed by atoms with Crippen LogP contribution in [0, 0.1) is 0 Å². The third-order valence-electron chi connectivity index (χ3n) is 3.61. The van der Waals surface area contributed by atoms with Gasteiger partial charge in [0.15, 0.2) is 12.3 Å². The summed E-state index contributed by atoms with van der Waals surface area (Å²) in [7, 11) is 0. The Morgan fingerprint density at radius 1 is 1.55 bits per heavy atom. The summed E-state index contributed by atoms with van der Waals surface area (Å²) in [4.78, 5) is 19.2. The number of aliphatic hydroxyl groups is 2. The van der Waals surface area contributed by atoms with Crippen LogP contribution < -0.4 is 5.73 Å². The molecule has 0 radical (unpaired) electrons. The minimum atomic E-state index is -1.15. The molecule has 1 aliphatic heterocycles. The summed E-state index contributed by atoms with van der Waals surface area (Å²) in [5.41, 5.74) is 6.26. The highest BCUT2D eigenvalue weighted by molar-refractivity contribution is 5.86. The van der Waals surface area contributed by atoms with E-state index in [1.54, 1.807) is 16.8 Å². The third kappa shape index (κ3) is 2.28. The number of carbonyl (C=O) groups is 1. The van der Waals surface area contributed by atoms with Crippen molar-refractivity contribution in [1.82, 2.24) is 14.5 Å². The molecule has 9 nitrogen and oxygen atoms in total. The van der Waals surface area contributed by atoms with Crippen LogP contribution in [0.2, 0.25) is 0 Å². The molecule has 2 aromatic heterocycles. The maximum absolute atomic E-state index is 11.1. The predicted molar refractivity (Wildman–Crippen MR) is 74.5 cm³/mol. The molecule has 4 atom stereocenters. The number of nitrogens with two attached hydrogens (primary N) is 1. The molecule has 4 N–H and O–H groups in total. The maximum atomic E-state index is 11.1. The largest absolute Gasteiger partial charge is 0.457 e. The van der Waals surface area contributed by atoms with Gasteiger partial charge in [-0.05, 0) is 6.07 Å². The Morgan fingerprint density at radius 3 is 3.00 bits per heavy atom. The van der Waals surface area contributed by atoms with E-state index < -0.39 is 30.5 Å². The van der Waals surface area contributed by atoms with E-state index in [2.05, 4.69) is 9.97 Å². The summed E-state index contributed by atoms with van der Waals surface area (Å²) in [6.07, 6.45) is -0.817. The molecule has 118 valence electrons. The molecule has 2 aromatic rings. The van der Waals surface area contributed by atoms with E-state index >= 15 is 0 Å². The van der Waals surface area contributed by atoms with E-state index in [9.17, 15) is 15.0 Å². The Morgan fingerprint density at radius 2 is 2.32 bits per heavy atom. The van der Waals surface area contributed by atoms with Gasteiger partial charge in [0.1, 0.15) is 30.0 Å². The molecule has 3 rings (SSSR count). The predicted octanol–water partition coefficient (Wildman–Crippen LogP) is -0.804. The van der Waals surface area contributed by atoms with Crippen LogP contribution in [-0.2, 0) is 14.3 Å². The first kappa shape index (κ1) is 14.7. The number of aromatic nitrogens is 3. The van der Waals surface area contributed by atoms with Gasteiger partial charge >= 0.3 is 5.97 Å².